The Balaban J connectivity index is -0.000000399. The summed E-state index contributed by atoms with van der Waals surface area (Å²) in [5.41, 5.74) is -1.26. The van der Waals surface area contributed by atoms with Crippen LogP contribution in [0.15, 0.2) is 122 Å². The number of nitrogens with zero attached hydrogens (tertiary/aromatic N) is 9. The quantitative estimate of drug-likeness (QED) is 0.0203. The molecule has 0 bridgehead atoms. The summed E-state index contributed by atoms with van der Waals surface area (Å²) >= 11 is 0. The summed E-state index contributed by atoms with van der Waals surface area (Å²) < 4.78 is 162. The number of amides is 8. The lowest BCUT2D eigenvalue weighted by Gasteiger charge is -2.26. The lowest BCUT2D eigenvalue weighted by molar-refractivity contribution is -0.140. The number of H-pyrrole nitrogens is 4. The van der Waals surface area contributed by atoms with E-state index >= 15 is 0 Å². The Morgan fingerprint density at radius 3 is 1.16 bits per heavy atom. The van der Waals surface area contributed by atoms with Gasteiger partial charge in [-0.15, -0.1) is 0 Å². The topological polar surface area (TPSA) is 438 Å². The summed E-state index contributed by atoms with van der Waals surface area (Å²) in [5, 5.41) is 26.7. The van der Waals surface area contributed by atoms with Crippen molar-refractivity contribution >= 4 is 70.5 Å². The number of carbonyl (C=O) groups excluding carboxylic acids is 8. The van der Waals surface area contributed by atoms with Crippen molar-refractivity contribution in [2.45, 2.75) is 160 Å². The van der Waals surface area contributed by atoms with Crippen molar-refractivity contribution in [3.63, 3.8) is 0 Å². The van der Waals surface area contributed by atoms with Crippen LogP contribution in [0.25, 0.3) is 45.6 Å². The van der Waals surface area contributed by atoms with Crippen LogP contribution in [-0.2, 0) is 25.7 Å². The van der Waals surface area contributed by atoms with E-state index in [-0.39, 0.29) is 95.0 Å². The molecule has 8 amide bonds. The minimum Gasteiger partial charge on any atom is -0.356 e. The van der Waals surface area contributed by atoms with Gasteiger partial charge in [-0.2, -0.15) is 52.7 Å². The monoisotopic (exact) mass is 1750 g/mol. The van der Waals surface area contributed by atoms with Crippen molar-refractivity contribution in [3.05, 3.63) is 157 Å². The summed E-state index contributed by atoms with van der Waals surface area (Å²) in [4.78, 5) is 144. The molecule has 0 unspecified atom stereocenters. The molecule has 1 saturated heterocycles. The van der Waals surface area contributed by atoms with Crippen LogP contribution in [0.1, 0.15) is 161 Å². The van der Waals surface area contributed by atoms with Gasteiger partial charge in [0.1, 0.15) is 88.6 Å². The molecule has 8 aromatic heterocycles. The zero-order valence-corrected chi connectivity index (χ0v) is 67.2. The summed E-state index contributed by atoms with van der Waals surface area (Å²) in [6, 6.07) is 20.4. The van der Waals surface area contributed by atoms with Gasteiger partial charge in [-0.3, -0.25) is 38.4 Å². The van der Waals surface area contributed by atoms with Gasteiger partial charge in [0, 0.05) is 116 Å². The Morgan fingerprint density at radius 1 is 0.443 bits per heavy atom. The number of benzene rings is 1. The van der Waals surface area contributed by atoms with Crippen molar-refractivity contribution in [2.75, 3.05) is 60.5 Å². The second kappa shape index (κ2) is 39.7. The van der Waals surface area contributed by atoms with E-state index in [9.17, 15) is 95.4 Å². The van der Waals surface area contributed by atoms with E-state index in [0.29, 0.717) is 70.5 Å². The lowest BCUT2D eigenvalue weighted by Crippen LogP contribution is -2.50. The van der Waals surface area contributed by atoms with Gasteiger partial charge >= 0.3 is 24.7 Å². The third-order valence-corrected chi connectivity index (χ3v) is 17.3. The molecule has 15 N–H and O–H groups in total. The number of halogens is 13. The highest BCUT2D eigenvalue weighted by Crippen LogP contribution is 2.29. The average molecular weight is 1750 g/mol. The Bertz CT molecular complexity index is 5030. The van der Waals surface area contributed by atoms with Gasteiger partial charge < -0.3 is 83.3 Å². The Morgan fingerprint density at radius 2 is 0.787 bits per heavy atom. The first-order valence-corrected chi connectivity index (χ1v) is 37.4. The number of aromatic nitrogens is 12. The fourth-order valence-corrected chi connectivity index (χ4v) is 10.8. The molecule has 9 heterocycles. The van der Waals surface area contributed by atoms with Gasteiger partial charge in [0.15, 0.2) is 34.9 Å². The molecule has 1 aliphatic heterocycles. The molecule has 0 radical (unpaired) electrons. The second-order valence-corrected chi connectivity index (χ2v) is 30.1. The van der Waals surface area contributed by atoms with Crippen molar-refractivity contribution in [1.29, 1.82) is 0 Å². The number of nitrogens with one attached hydrogen (secondary N) is 15. The number of rotatable bonds is 28. The highest BCUT2D eigenvalue weighted by molar-refractivity contribution is 5.97. The highest BCUT2D eigenvalue weighted by atomic mass is 19.4. The minimum atomic E-state index is -4.57. The SMILES string of the molecule is CC(C)(Nc1ccnc(-c2c[nH]c(C(=O)NC3CC3)c2)n1)C(=O)NCC(F)(F)F.CC(C)(Nc1ccnc(-c2c[nH]c(C(=O)NCc3ccccc3)c2)n1)C(=O)NCC(F)(F)F.CC(C)(Nc1nc(-c2c[nH]c(C(=O)N3CCCC3)c2)ncc1F)C(=O)NCC(F)(F)F.CC(C)NC(=O)c1cc(-c2nccc(NC(C)(C)C(=O)NCC(F)(F)F)n2)c[nH]1.[HH].[HH].[HH].[HH].[HH].[HH].[HH].[HH].[HH].[HH].[HH].[HH].[HH]. The summed E-state index contributed by atoms with van der Waals surface area (Å²) in [7, 11) is 0. The number of hydrogen-bond acceptors (Lipinski definition) is 20. The van der Waals surface area contributed by atoms with E-state index in [1.54, 1.807) is 53.1 Å². The van der Waals surface area contributed by atoms with Crippen LogP contribution in [0, 0.1) is 5.82 Å². The van der Waals surface area contributed by atoms with Crippen molar-refractivity contribution < 1.29 is 114 Å². The van der Waals surface area contributed by atoms with Crippen LogP contribution in [0.2, 0.25) is 0 Å². The number of aromatic amines is 4. The average Bonchev–Trinajstić information content (AvgIpc) is 1.76. The predicted molar refractivity (Wildman–Crippen MR) is 448 cm³/mol. The predicted octanol–water partition coefficient (Wildman–Crippen LogP) is 13.9. The zero-order valence-electron chi connectivity index (χ0n) is 67.2. The maximum Gasteiger partial charge on any atom is 0.405 e. The molecule has 2 aliphatic rings. The number of anilines is 4. The normalized spacial score (nSPS) is 13.1. The van der Waals surface area contributed by atoms with E-state index in [2.05, 4.69) is 97.0 Å². The summed E-state index contributed by atoms with van der Waals surface area (Å²) in [6.45, 7) is 10.9. The summed E-state index contributed by atoms with van der Waals surface area (Å²) in [6.07, 6.45) is -2.80. The molecule has 682 valence electrons. The Hall–Kier alpha value is -13.3. The molecular formula is C77H115F13N24O8. The van der Waals surface area contributed by atoms with E-state index < -0.39 is 102 Å². The van der Waals surface area contributed by atoms with Crippen LogP contribution < -0.4 is 58.5 Å². The maximum atomic E-state index is 14.2. The van der Waals surface area contributed by atoms with Crippen LogP contribution in [0.5, 0.6) is 0 Å². The molecule has 9 aromatic rings. The molecule has 11 rings (SSSR count). The lowest BCUT2D eigenvalue weighted by atomic mass is 10.0. The number of carbonyl (C=O) groups is 8. The van der Waals surface area contributed by atoms with E-state index in [0.717, 1.165) is 37.4 Å². The van der Waals surface area contributed by atoms with Crippen LogP contribution in [0.3, 0.4) is 0 Å². The van der Waals surface area contributed by atoms with E-state index in [4.69, 9.17) is 0 Å². The minimum absolute atomic E-state index is 0. The van der Waals surface area contributed by atoms with Gasteiger partial charge in [-0.1, -0.05) is 30.3 Å². The van der Waals surface area contributed by atoms with Crippen LogP contribution >= 0.6 is 0 Å². The zero-order chi connectivity index (χ0) is 89.9. The maximum absolute atomic E-state index is 14.2. The molecule has 45 heteroatoms. The van der Waals surface area contributed by atoms with Gasteiger partial charge in [0.2, 0.25) is 23.6 Å². The molecular weight excluding hydrogens is 1640 g/mol. The van der Waals surface area contributed by atoms with Crippen LogP contribution in [-0.4, -0.2) is 210 Å². The third-order valence-electron chi connectivity index (χ3n) is 17.3. The molecule has 1 aromatic carbocycles. The smallest absolute Gasteiger partial charge is 0.356 e. The third kappa shape index (κ3) is 29.6. The van der Waals surface area contributed by atoms with Crippen molar-refractivity contribution in [3.8, 4) is 45.6 Å². The fourth-order valence-electron chi connectivity index (χ4n) is 10.8. The number of hydrogen-bond donors (Lipinski definition) is 15. The van der Waals surface area contributed by atoms with Crippen LogP contribution in [0.4, 0.5) is 80.3 Å². The van der Waals surface area contributed by atoms with Gasteiger partial charge in [-0.05, 0) is 143 Å². The summed E-state index contributed by atoms with van der Waals surface area (Å²) in [5.74, 6) is -4.00. The molecule has 1 aliphatic carbocycles. The molecule has 32 nitrogen and oxygen atoms in total. The van der Waals surface area contributed by atoms with E-state index in [1.807, 2.05) is 60.1 Å². The van der Waals surface area contributed by atoms with Gasteiger partial charge in [0.25, 0.3) is 23.6 Å². The molecule has 2 fully saturated rings. The first kappa shape index (κ1) is 94.2. The highest BCUT2D eigenvalue weighted by Gasteiger charge is 2.39. The first-order valence-electron chi connectivity index (χ1n) is 37.4. The van der Waals surface area contributed by atoms with Gasteiger partial charge in [0.05, 0.1) is 6.20 Å². The number of alkyl halides is 12. The standard InChI is InChI=1S/C22H23F3N6O2.C19H22F4N6O2.C18H21F3N6O2.C18H23F3N6O2.13H2/c1-21(2,20(33)29-13-22(23,24)25)31-17-8-9-26-18(30-17)15-10-16(27-12-15)19(32)28-11-14-6-4-3-5-7-14;1-18(2,17(31)26-10-19(21,22)23)28-15-12(20)9-25-14(27-15)11-7-13(24-8-11)16(30)29-5-3-4-6-29;1-17(2,16(29)24-9-18(19,20)21)27-13-5-6-22-14(26-13)10-7-12(23-8-10)15(28)25-11-3-4-11;1-10(2)25-15(28)12-7-11(8-23-12)14-22-6-5-13(26-14)27-17(3,4)16(29)24-9-18(19,20)21;;;;;;;;;;;;;/h3-10,12,27H,11,13H2,1-2H3,(H,28,32)(H,29,33)(H,26,30,31);7-9,24H,3-6,10H2,1-2H3,(H,26,31)(H,25,27,28);5-8,11,23H,3-4,9H2,1-2H3,(H,24,29)(H,25,28)(H,22,26,27);5-8,10,23H,9H2,1-4H3,(H,24,29)(H,25,28)(H,22,26,27);13*1H. The van der Waals surface area contributed by atoms with Gasteiger partial charge in [-0.25, -0.2) is 44.3 Å². The number of likely N-dealkylation sites (tertiary alicyclic amines) is 1. The largest absolute Gasteiger partial charge is 0.405 e. The fraction of sp³-hybridized carbons (Fsp3) is 0.403. The Kier molecular flexibility index (Phi) is 30.7. The molecule has 0 spiro atoms. The van der Waals surface area contributed by atoms with E-state index in [1.165, 1.54) is 98.4 Å². The molecule has 0 atom stereocenters. The van der Waals surface area contributed by atoms with Crippen molar-refractivity contribution in [2.24, 2.45) is 0 Å². The Labute approximate surface area is 707 Å². The first-order chi connectivity index (χ1) is 56.9. The second-order valence-electron chi connectivity index (χ2n) is 30.1. The van der Waals surface area contributed by atoms with Crippen molar-refractivity contribution in [1.82, 2.24) is 102 Å². The molecule has 122 heavy (non-hydrogen) atoms. The molecule has 1 saturated carbocycles.